The minimum absolute atomic E-state index is 0.103. The molecule has 1 atom stereocenters. The number of nitrogens with zero attached hydrogens (tertiary/aromatic N) is 2. The molecule has 1 rings (SSSR count). The zero-order valence-electron chi connectivity index (χ0n) is 11.0. The second-order valence-corrected chi connectivity index (χ2v) is 4.21. The smallest absolute Gasteiger partial charge is 0.303 e. The predicted octanol–water partition coefficient (Wildman–Crippen LogP) is 0.622. The van der Waals surface area contributed by atoms with E-state index in [-0.39, 0.29) is 18.7 Å². The van der Waals surface area contributed by atoms with Crippen molar-refractivity contribution in [1.82, 2.24) is 9.88 Å². The number of carbonyl (C=O) groups excluding carboxylic acids is 1. The summed E-state index contributed by atoms with van der Waals surface area (Å²) >= 11 is 0. The zero-order chi connectivity index (χ0) is 14.3. The number of likely N-dealkylation sites (N-methyl/N-ethyl adjacent to an activating group) is 1. The van der Waals surface area contributed by atoms with Gasteiger partial charge in [0.05, 0.1) is 18.3 Å². The normalized spacial score (nSPS) is 11.9. The lowest BCUT2D eigenvalue weighted by Crippen LogP contribution is -2.43. The van der Waals surface area contributed by atoms with Crippen molar-refractivity contribution in [3.63, 3.8) is 0 Å². The van der Waals surface area contributed by atoms with Gasteiger partial charge in [-0.1, -0.05) is 6.07 Å². The van der Waals surface area contributed by atoms with E-state index in [2.05, 4.69) is 4.98 Å². The van der Waals surface area contributed by atoms with E-state index >= 15 is 0 Å². The Morgan fingerprint density at radius 3 is 2.74 bits per heavy atom. The highest BCUT2D eigenvalue weighted by molar-refractivity contribution is 5.82. The molecule has 0 radical (unpaired) electrons. The van der Waals surface area contributed by atoms with Gasteiger partial charge < -0.3 is 15.7 Å². The number of pyridine rings is 1. The van der Waals surface area contributed by atoms with Crippen molar-refractivity contribution in [2.45, 2.75) is 32.4 Å². The number of carboxylic acid groups (broad SMARTS) is 1. The lowest BCUT2D eigenvalue weighted by atomic mass is 10.1. The van der Waals surface area contributed by atoms with Crippen LogP contribution in [0.25, 0.3) is 0 Å². The van der Waals surface area contributed by atoms with Crippen LogP contribution in [0.5, 0.6) is 0 Å². The Hall–Kier alpha value is -1.95. The summed E-state index contributed by atoms with van der Waals surface area (Å²) in [6.45, 7) is 2.75. The maximum absolute atomic E-state index is 12.1. The molecule has 0 bridgehead atoms. The molecule has 1 aromatic rings. The van der Waals surface area contributed by atoms with E-state index < -0.39 is 12.0 Å². The molecule has 3 N–H and O–H groups in total. The fraction of sp³-hybridized carbons (Fsp3) is 0.462. The Morgan fingerprint density at radius 1 is 1.47 bits per heavy atom. The largest absolute Gasteiger partial charge is 0.481 e. The third-order valence-electron chi connectivity index (χ3n) is 2.76. The van der Waals surface area contributed by atoms with Gasteiger partial charge in [0.15, 0.2) is 0 Å². The average molecular weight is 265 g/mol. The van der Waals surface area contributed by atoms with Gasteiger partial charge in [0.2, 0.25) is 5.91 Å². The van der Waals surface area contributed by atoms with E-state index in [1.54, 1.807) is 17.2 Å². The number of carbonyl (C=O) groups is 2. The van der Waals surface area contributed by atoms with Crippen LogP contribution in [-0.2, 0) is 16.1 Å². The number of hydrogen-bond acceptors (Lipinski definition) is 4. The van der Waals surface area contributed by atoms with Gasteiger partial charge in [0.1, 0.15) is 0 Å². The molecule has 0 aliphatic carbocycles. The highest BCUT2D eigenvalue weighted by atomic mass is 16.4. The molecule has 0 spiro atoms. The van der Waals surface area contributed by atoms with Crippen molar-refractivity contribution in [1.29, 1.82) is 0 Å². The number of nitrogens with two attached hydrogens (primary N) is 1. The summed E-state index contributed by atoms with van der Waals surface area (Å²) in [6, 6.07) is 4.71. The van der Waals surface area contributed by atoms with Crippen LogP contribution < -0.4 is 5.73 Å². The molecule has 1 amide bonds. The van der Waals surface area contributed by atoms with Crippen LogP contribution >= 0.6 is 0 Å². The molecule has 0 fully saturated rings. The van der Waals surface area contributed by atoms with Crippen molar-refractivity contribution in [3.8, 4) is 0 Å². The first kappa shape index (κ1) is 15.1. The molecular formula is C13H19N3O3. The lowest BCUT2D eigenvalue weighted by Gasteiger charge is -2.23. The molecule has 19 heavy (non-hydrogen) atoms. The van der Waals surface area contributed by atoms with Gasteiger partial charge in [-0.3, -0.25) is 14.6 Å². The highest BCUT2D eigenvalue weighted by Crippen LogP contribution is 2.05. The highest BCUT2D eigenvalue weighted by Gasteiger charge is 2.20. The SMILES string of the molecule is CCN(Cc1ccccn1)C(=O)C(N)CCC(=O)O. The fourth-order valence-electron chi connectivity index (χ4n) is 1.67. The zero-order valence-corrected chi connectivity index (χ0v) is 11.0. The molecular weight excluding hydrogens is 246 g/mol. The first-order valence-electron chi connectivity index (χ1n) is 6.20. The van der Waals surface area contributed by atoms with Crippen LogP contribution in [-0.4, -0.2) is 39.5 Å². The van der Waals surface area contributed by atoms with E-state index in [0.29, 0.717) is 13.1 Å². The summed E-state index contributed by atoms with van der Waals surface area (Å²) < 4.78 is 0. The number of carboxylic acids is 1. The molecule has 6 heteroatoms. The average Bonchev–Trinajstić information content (AvgIpc) is 2.42. The maximum Gasteiger partial charge on any atom is 0.303 e. The maximum atomic E-state index is 12.1. The van der Waals surface area contributed by atoms with Gasteiger partial charge >= 0.3 is 5.97 Å². The van der Waals surface area contributed by atoms with Gasteiger partial charge in [-0.15, -0.1) is 0 Å². The van der Waals surface area contributed by atoms with E-state index in [1.807, 2.05) is 19.1 Å². The number of aromatic nitrogens is 1. The Bertz CT molecular complexity index is 422. The number of aliphatic carboxylic acids is 1. The van der Waals surface area contributed by atoms with Crippen LogP contribution in [0.3, 0.4) is 0 Å². The standard InChI is InChI=1S/C13H19N3O3/c1-2-16(9-10-5-3-4-8-15-10)13(19)11(14)6-7-12(17)18/h3-5,8,11H,2,6-7,9,14H2,1H3,(H,17,18). The summed E-state index contributed by atoms with van der Waals surface area (Å²) in [5, 5.41) is 8.58. The summed E-state index contributed by atoms with van der Waals surface area (Å²) in [7, 11) is 0. The van der Waals surface area contributed by atoms with E-state index in [9.17, 15) is 9.59 Å². The molecule has 104 valence electrons. The van der Waals surface area contributed by atoms with Crippen molar-refractivity contribution in [2.75, 3.05) is 6.54 Å². The summed E-state index contributed by atoms with van der Waals surface area (Å²) in [5.74, 6) is -1.19. The minimum atomic E-state index is -0.948. The summed E-state index contributed by atoms with van der Waals surface area (Å²) in [6.07, 6.45) is 1.71. The van der Waals surface area contributed by atoms with Gasteiger partial charge in [0, 0.05) is 19.2 Å². The lowest BCUT2D eigenvalue weighted by molar-refractivity contribution is -0.137. The minimum Gasteiger partial charge on any atom is -0.481 e. The Morgan fingerprint density at radius 2 is 2.21 bits per heavy atom. The first-order chi connectivity index (χ1) is 9.04. The van der Waals surface area contributed by atoms with Gasteiger partial charge in [-0.05, 0) is 25.5 Å². The first-order valence-corrected chi connectivity index (χ1v) is 6.20. The van der Waals surface area contributed by atoms with Crippen LogP contribution in [0.15, 0.2) is 24.4 Å². The second kappa shape index (κ2) is 7.48. The van der Waals surface area contributed by atoms with Crippen molar-refractivity contribution in [2.24, 2.45) is 5.73 Å². The van der Waals surface area contributed by atoms with Crippen molar-refractivity contribution in [3.05, 3.63) is 30.1 Å². The van der Waals surface area contributed by atoms with Crippen LogP contribution in [0.1, 0.15) is 25.5 Å². The predicted molar refractivity (Wildman–Crippen MR) is 70.2 cm³/mol. The topological polar surface area (TPSA) is 96.5 Å². The Balaban J connectivity index is 2.58. The Kier molecular flexibility index (Phi) is 5.95. The number of amides is 1. The van der Waals surface area contributed by atoms with E-state index in [0.717, 1.165) is 5.69 Å². The molecule has 0 aromatic carbocycles. The number of rotatable bonds is 7. The third-order valence-corrected chi connectivity index (χ3v) is 2.76. The molecule has 0 aliphatic rings. The molecule has 6 nitrogen and oxygen atoms in total. The van der Waals surface area contributed by atoms with Crippen molar-refractivity contribution < 1.29 is 14.7 Å². The molecule has 0 saturated heterocycles. The molecule has 1 heterocycles. The van der Waals surface area contributed by atoms with Crippen LogP contribution in [0.2, 0.25) is 0 Å². The molecule has 1 unspecified atom stereocenters. The second-order valence-electron chi connectivity index (χ2n) is 4.21. The van der Waals surface area contributed by atoms with Crippen LogP contribution in [0, 0.1) is 0 Å². The monoisotopic (exact) mass is 265 g/mol. The van der Waals surface area contributed by atoms with Gasteiger partial charge in [0.25, 0.3) is 0 Å². The van der Waals surface area contributed by atoms with Crippen molar-refractivity contribution >= 4 is 11.9 Å². The summed E-state index contributed by atoms with van der Waals surface area (Å²) in [5.41, 5.74) is 6.50. The van der Waals surface area contributed by atoms with Gasteiger partial charge in [-0.25, -0.2) is 0 Å². The van der Waals surface area contributed by atoms with E-state index in [1.165, 1.54) is 0 Å². The molecule has 0 aliphatic heterocycles. The fourth-order valence-corrected chi connectivity index (χ4v) is 1.67. The molecule has 1 aromatic heterocycles. The Labute approximate surface area is 112 Å². The number of hydrogen-bond donors (Lipinski definition) is 2. The van der Waals surface area contributed by atoms with Crippen LogP contribution in [0.4, 0.5) is 0 Å². The summed E-state index contributed by atoms with van der Waals surface area (Å²) in [4.78, 5) is 28.3. The van der Waals surface area contributed by atoms with Gasteiger partial charge in [-0.2, -0.15) is 0 Å². The third kappa shape index (κ3) is 5.05. The van der Waals surface area contributed by atoms with E-state index in [4.69, 9.17) is 10.8 Å². The molecule has 0 saturated carbocycles. The quantitative estimate of drug-likeness (QED) is 0.753.